The quantitative estimate of drug-likeness (QED) is 0.376. The zero-order chi connectivity index (χ0) is 17.3. The first-order chi connectivity index (χ1) is 10.7. The summed E-state index contributed by atoms with van der Waals surface area (Å²) in [4.78, 5) is 11.8. The van der Waals surface area contributed by atoms with Gasteiger partial charge in [-0.3, -0.25) is 4.79 Å². The molecule has 1 fully saturated rings. The van der Waals surface area contributed by atoms with Crippen LogP contribution in [0.25, 0.3) is 0 Å². The van der Waals surface area contributed by atoms with Gasteiger partial charge in [0.15, 0.2) is 8.32 Å². The van der Waals surface area contributed by atoms with Crippen LogP contribution in [0.3, 0.4) is 0 Å². The number of hydrogen-bond acceptors (Lipinski definition) is 2. The second-order valence-corrected chi connectivity index (χ2v) is 13.2. The van der Waals surface area contributed by atoms with Gasteiger partial charge in [-0.2, -0.15) is 0 Å². The number of unbranched alkanes of at least 4 members (excludes halogenated alkanes) is 2. The first-order valence-electron chi connectivity index (χ1n) is 9.33. The van der Waals surface area contributed by atoms with E-state index in [1.807, 2.05) is 6.08 Å². The molecule has 0 saturated heterocycles. The maximum Gasteiger partial charge on any atom is 0.243 e. The number of carbonyl (C=O) groups is 1. The Bertz CT molecular complexity index is 379. The summed E-state index contributed by atoms with van der Waals surface area (Å²) < 4.78 is 6.16. The Morgan fingerprint density at radius 2 is 1.83 bits per heavy atom. The third-order valence-electron chi connectivity index (χ3n) is 5.26. The molecule has 0 radical (unpaired) electrons. The molecule has 0 aromatic heterocycles. The van der Waals surface area contributed by atoms with E-state index in [0.717, 1.165) is 38.7 Å². The molecule has 1 aliphatic carbocycles. The van der Waals surface area contributed by atoms with Crippen molar-refractivity contribution in [2.75, 3.05) is 6.61 Å². The summed E-state index contributed by atoms with van der Waals surface area (Å²) in [5, 5.41) is 3.39. The lowest BCUT2D eigenvalue weighted by atomic mass is 9.95. The predicted molar refractivity (Wildman–Crippen MR) is 101 cm³/mol. The van der Waals surface area contributed by atoms with Crippen molar-refractivity contribution in [3.8, 4) is 0 Å². The van der Waals surface area contributed by atoms with Crippen LogP contribution in [0, 0.1) is 0 Å². The zero-order valence-electron chi connectivity index (χ0n) is 15.9. The molecule has 3 nitrogen and oxygen atoms in total. The largest absolute Gasteiger partial charge is 0.417 e. The van der Waals surface area contributed by atoms with Gasteiger partial charge in [0.05, 0.1) is 0 Å². The maximum absolute atomic E-state index is 11.8. The predicted octanol–water partition coefficient (Wildman–Crippen LogP) is 5.18. The van der Waals surface area contributed by atoms with Gasteiger partial charge >= 0.3 is 0 Å². The van der Waals surface area contributed by atoms with Crippen LogP contribution in [0.15, 0.2) is 12.2 Å². The molecule has 134 valence electrons. The standard InChI is InChI=1S/C19H37NO2Si/c1-19(2,3)23(4,5)22-16-12-7-6-11-15-18(21)20-17-13-9-8-10-14-17/h11,15,17H,6-10,12-14,16H2,1-5H3,(H,20,21)/b15-11+. The van der Waals surface area contributed by atoms with Gasteiger partial charge in [0, 0.05) is 12.6 Å². The van der Waals surface area contributed by atoms with Crippen LogP contribution in [0.2, 0.25) is 18.1 Å². The van der Waals surface area contributed by atoms with Gasteiger partial charge in [0.25, 0.3) is 0 Å². The molecule has 1 rings (SSSR count). The smallest absolute Gasteiger partial charge is 0.243 e. The monoisotopic (exact) mass is 339 g/mol. The summed E-state index contributed by atoms with van der Waals surface area (Å²) >= 11 is 0. The van der Waals surface area contributed by atoms with E-state index < -0.39 is 8.32 Å². The van der Waals surface area contributed by atoms with Crippen LogP contribution in [-0.4, -0.2) is 26.9 Å². The first-order valence-corrected chi connectivity index (χ1v) is 12.2. The Labute approximate surface area is 144 Å². The maximum atomic E-state index is 11.8. The van der Waals surface area contributed by atoms with Crippen molar-refractivity contribution < 1.29 is 9.22 Å². The fraction of sp³-hybridized carbons (Fsp3) is 0.842. The van der Waals surface area contributed by atoms with Gasteiger partial charge < -0.3 is 9.74 Å². The lowest BCUT2D eigenvalue weighted by Gasteiger charge is -2.36. The van der Waals surface area contributed by atoms with Gasteiger partial charge in [-0.1, -0.05) is 46.1 Å². The summed E-state index contributed by atoms with van der Waals surface area (Å²) in [6, 6.07) is 0.402. The van der Waals surface area contributed by atoms with Crippen LogP contribution in [0.4, 0.5) is 0 Å². The molecular weight excluding hydrogens is 302 g/mol. The molecule has 1 N–H and O–H groups in total. The number of allylic oxidation sites excluding steroid dienone is 1. The summed E-state index contributed by atoms with van der Waals surface area (Å²) in [5.74, 6) is 0.0782. The minimum Gasteiger partial charge on any atom is -0.417 e. The Balaban J connectivity index is 2.09. The van der Waals surface area contributed by atoms with Crippen molar-refractivity contribution in [3.05, 3.63) is 12.2 Å². The Morgan fingerprint density at radius 3 is 2.43 bits per heavy atom. The van der Waals surface area contributed by atoms with Crippen molar-refractivity contribution in [1.29, 1.82) is 0 Å². The average molecular weight is 340 g/mol. The van der Waals surface area contributed by atoms with Crippen LogP contribution in [0.1, 0.15) is 72.1 Å². The summed E-state index contributed by atoms with van der Waals surface area (Å²) in [6.45, 7) is 12.2. The SMILES string of the molecule is CC(C)(C)[Si](C)(C)OCCCC/C=C/C(=O)NC1CCCCC1. The third-order valence-corrected chi connectivity index (χ3v) is 9.79. The van der Waals surface area contributed by atoms with Crippen LogP contribution < -0.4 is 5.32 Å². The average Bonchev–Trinajstić information content (AvgIpc) is 2.46. The fourth-order valence-electron chi connectivity index (χ4n) is 2.59. The van der Waals surface area contributed by atoms with E-state index in [0.29, 0.717) is 6.04 Å². The molecule has 1 saturated carbocycles. The molecule has 0 heterocycles. The van der Waals surface area contributed by atoms with Crippen molar-refractivity contribution in [1.82, 2.24) is 5.32 Å². The lowest BCUT2D eigenvalue weighted by molar-refractivity contribution is -0.117. The molecule has 0 aromatic carbocycles. The molecule has 0 aromatic rings. The third kappa shape index (κ3) is 8.16. The van der Waals surface area contributed by atoms with Gasteiger partial charge in [-0.25, -0.2) is 0 Å². The van der Waals surface area contributed by atoms with E-state index >= 15 is 0 Å². The van der Waals surface area contributed by atoms with E-state index in [-0.39, 0.29) is 10.9 Å². The normalized spacial score (nSPS) is 17.6. The second-order valence-electron chi connectivity index (χ2n) is 8.35. The molecule has 0 aliphatic heterocycles. The molecule has 1 aliphatic rings. The molecule has 0 bridgehead atoms. The fourth-order valence-corrected chi connectivity index (χ4v) is 3.68. The summed E-state index contributed by atoms with van der Waals surface area (Å²) in [7, 11) is -1.60. The molecule has 0 spiro atoms. The number of amides is 1. The second kappa shape index (κ2) is 9.63. The molecule has 0 unspecified atom stereocenters. The highest BCUT2D eigenvalue weighted by atomic mass is 28.4. The minimum atomic E-state index is -1.60. The van der Waals surface area contributed by atoms with Gasteiger partial charge in [-0.05, 0) is 56.3 Å². The molecular formula is C19H37NO2Si. The lowest BCUT2D eigenvalue weighted by Crippen LogP contribution is -2.40. The van der Waals surface area contributed by atoms with Crippen LogP contribution >= 0.6 is 0 Å². The molecule has 23 heavy (non-hydrogen) atoms. The Kier molecular flexibility index (Phi) is 8.55. The topological polar surface area (TPSA) is 38.3 Å². The minimum absolute atomic E-state index is 0.0782. The molecule has 4 heteroatoms. The van der Waals surface area contributed by atoms with Crippen LogP contribution in [-0.2, 0) is 9.22 Å². The van der Waals surface area contributed by atoms with Crippen molar-refractivity contribution >= 4 is 14.2 Å². The molecule has 1 amide bonds. The zero-order valence-corrected chi connectivity index (χ0v) is 16.9. The van der Waals surface area contributed by atoms with Crippen molar-refractivity contribution in [3.63, 3.8) is 0 Å². The Hall–Kier alpha value is -0.613. The number of hydrogen-bond donors (Lipinski definition) is 1. The van der Waals surface area contributed by atoms with Crippen molar-refractivity contribution in [2.24, 2.45) is 0 Å². The highest BCUT2D eigenvalue weighted by molar-refractivity contribution is 6.74. The number of carbonyl (C=O) groups excluding carboxylic acids is 1. The Morgan fingerprint density at radius 1 is 1.17 bits per heavy atom. The summed E-state index contributed by atoms with van der Waals surface area (Å²) in [6.07, 6.45) is 12.9. The molecule has 0 atom stereocenters. The van der Waals surface area contributed by atoms with Gasteiger partial charge in [-0.15, -0.1) is 0 Å². The summed E-state index contributed by atoms with van der Waals surface area (Å²) in [5.41, 5.74) is 0. The number of nitrogens with one attached hydrogen (secondary N) is 1. The van der Waals surface area contributed by atoms with Gasteiger partial charge in [0.2, 0.25) is 5.91 Å². The van der Waals surface area contributed by atoms with E-state index in [2.05, 4.69) is 39.2 Å². The van der Waals surface area contributed by atoms with Crippen LogP contribution in [0.5, 0.6) is 0 Å². The highest BCUT2D eigenvalue weighted by Gasteiger charge is 2.36. The van der Waals surface area contributed by atoms with E-state index in [4.69, 9.17) is 4.43 Å². The first kappa shape index (κ1) is 20.4. The van der Waals surface area contributed by atoms with E-state index in [1.165, 1.54) is 19.3 Å². The highest BCUT2D eigenvalue weighted by Crippen LogP contribution is 2.36. The van der Waals surface area contributed by atoms with Gasteiger partial charge in [0.1, 0.15) is 0 Å². The van der Waals surface area contributed by atoms with Crippen molar-refractivity contribution in [2.45, 2.75) is 96.3 Å². The van der Waals surface area contributed by atoms with E-state index in [1.54, 1.807) is 6.08 Å². The van der Waals surface area contributed by atoms with E-state index in [9.17, 15) is 4.79 Å². The number of rotatable bonds is 8.